The van der Waals surface area contributed by atoms with Crippen LogP contribution < -0.4 is 10.1 Å². The zero-order valence-electron chi connectivity index (χ0n) is 12.3. The topological polar surface area (TPSA) is 72.5 Å². The number of hydrogen-bond acceptors (Lipinski definition) is 4. The lowest BCUT2D eigenvalue weighted by Crippen LogP contribution is -2.21. The van der Waals surface area contributed by atoms with Crippen molar-refractivity contribution in [2.75, 3.05) is 18.2 Å². The lowest BCUT2D eigenvalue weighted by Gasteiger charge is -2.10. The molecule has 2 rings (SSSR count). The van der Waals surface area contributed by atoms with E-state index in [1.807, 2.05) is 0 Å². The van der Waals surface area contributed by atoms with Crippen LogP contribution in [0.4, 0.5) is 10.1 Å². The maximum Gasteiger partial charge on any atom is 0.262 e. The lowest BCUT2D eigenvalue weighted by molar-refractivity contribution is -0.118. The number of nitrogens with one attached hydrogen (secondary N) is 1. The van der Waals surface area contributed by atoms with Crippen molar-refractivity contribution in [3.05, 3.63) is 52.3 Å². The van der Waals surface area contributed by atoms with Crippen LogP contribution in [-0.2, 0) is 14.6 Å². The van der Waals surface area contributed by atoms with Crippen LogP contribution in [0.5, 0.6) is 5.75 Å². The van der Waals surface area contributed by atoms with E-state index in [0.29, 0.717) is 5.02 Å². The standard InChI is InChI=1S/C15H12Cl2FNO4S/c1-24(21,22)10-3-4-12(18)13(7-10)19-15(20)8-23-14-5-2-9(16)6-11(14)17/h2-7H,8H2,1H3,(H,19,20). The molecule has 0 aliphatic heterocycles. The molecule has 0 spiro atoms. The molecule has 1 N–H and O–H groups in total. The normalized spacial score (nSPS) is 11.2. The van der Waals surface area contributed by atoms with E-state index in [2.05, 4.69) is 5.32 Å². The Labute approximate surface area is 148 Å². The zero-order chi connectivity index (χ0) is 17.9. The minimum absolute atomic E-state index is 0.110. The van der Waals surface area contributed by atoms with Crippen LogP contribution in [0.25, 0.3) is 0 Å². The van der Waals surface area contributed by atoms with Crippen molar-refractivity contribution in [1.29, 1.82) is 0 Å². The van der Waals surface area contributed by atoms with Gasteiger partial charge in [-0.2, -0.15) is 0 Å². The monoisotopic (exact) mass is 391 g/mol. The highest BCUT2D eigenvalue weighted by atomic mass is 35.5. The van der Waals surface area contributed by atoms with Gasteiger partial charge in [-0.05, 0) is 36.4 Å². The maximum atomic E-state index is 13.7. The largest absolute Gasteiger partial charge is 0.482 e. The lowest BCUT2D eigenvalue weighted by atomic mass is 10.3. The molecule has 0 radical (unpaired) electrons. The number of amides is 1. The number of benzene rings is 2. The molecule has 0 aliphatic rings. The third kappa shape index (κ3) is 4.83. The summed E-state index contributed by atoms with van der Waals surface area (Å²) in [4.78, 5) is 11.7. The Morgan fingerprint density at radius 2 is 1.92 bits per heavy atom. The molecule has 0 atom stereocenters. The molecule has 0 unspecified atom stereocenters. The van der Waals surface area contributed by atoms with Gasteiger partial charge >= 0.3 is 0 Å². The van der Waals surface area contributed by atoms with Gasteiger partial charge in [0.15, 0.2) is 16.4 Å². The predicted octanol–water partition coefficient (Wildman–Crippen LogP) is 3.55. The van der Waals surface area contributed by atoms with Crippen molar-refractivity contribution in [2.24, 2.45) is 0 Å². The number of halogens is 3. The minimum atomic E-state index is -3.52. The van der Waals surface area contributed by atoms with Gasteiger partial charge in [-0.25, -0.2) is 12.8 Å². The molecule has 24 heavy (non-hydrogen) atoms. The van der Waals surface area contributed by atoms with Crippen molar-refractivity contribution in [3.8, 4) is 5.75 Å². The first-order valence-electron chi connectivity index (χ1n) is 6.54. The van der Waals surface area contributed by atoms with Crippen LogP contribution in [0.1, 0.15) is 0 Å². The van der Waals surface area contributed by atoms with Crippen molar-refractivity contribution in [1.82, 2.24) is 0 Å². The van der Waals surface area contributed by atoms with E-state index >= 15 is 0 Å². The Hall–Kier alpha value is -1.83. The quantitative estimate of drug-likeness (QED) is 0.790. The summed E-state index contributed by atoms with van der Waals surface area (Å²) >= 11 is 11.6. The van der Waals surface area contributed by atoms with Gasteiger partial charge in [-0.15, -0.1) is 0 Å². The van der Waals surface area contributed by atoms with Gasteiger partial charge in [-0.3, -0.25) is 4.79 Å². The molecule has 0 heterocycles. The summed E-state index contributed by atoms with van der Waals surface area (Å²) < 4.78 is 41.9. The van der Waals surface area contributed by atoms with E-state index in [9.17, 15) is 17.6 Å². The minimum Gasteiger partial charge on any atom is -0.482 e. The van der Waals surface area contributed by atoms with Crippen LogP contribution in [0, 0.1) is 5.82 Å². The molecule has 0 aromatic heterocycles. The van der Waals surface area contributed by atoms with E-state index in [4.69, 9.17) is 27.9 Å². The van der Waals surface area contributed by atoms with Crippen LogP contribution in [0.15, 0.2) is 41.3 Å². The molecular formula is C15H12Cl2FNO4S. The second-order valence-corrected chi connectivity index (χ2v) is 7.68. The van der Waals surface area contributed by atoms with E-state index < -0.39 is 28.2 Å². The van der Waals surface area contributed by atoms with Gasteiger partial charge in [0.1, 0.15) is 11.6 Å². The molecule has 2 aromatic rings. The maximum absolute atomic E-state index is 13.7. The SMILES string of the molecule is CS(=O)(=O)c1ccc(F)c(NC(=O)COc2ccc(Cl)cc2Cl)c1. The van der Waals surface area contributed by atoms with Gasteiger partial charge in [0.05, 0.1) is 15.6 Å². The first-order valence-corrected chi connectivity index (χ1v) is 9.19. The Balaban J connectivity index is 2.07. The highest BCUT2D eigenvalue weighted by molar-refractivity contribution is 7.90. The molecule has 1 amide bonds. The Bertz CT molecular complexity index is 887. The second-order valence-electron chi connectivity index (χ2n) is 4.83. The smallest absolute Gasteiger partial charge is 0.262 e. The zero-order valence-corrected chi connectivity index (χ0v) is 14.7. The second kappa shape index (κ2) is 7.38. The van der Waals surface area contributed by atoms with E-state index in [0.717, 1.165) is 24.5 Å². The van der Waals surface area contributed by atoms with Gasteiger partial charge < -0.3 is 10.1 Å². The van der Waals surface area contributed by atoms with Gasteiger partial charge in [0.25, 0.3) is 5.91 Å². The summed E-state index contributed by atoms with van der Waals surface area (Å²) in [5.74, 6) is -1.20. The van der Waals surface area contributed by atoms with E-state index in [1.54, 1.807) is 0 Å². The van der Waals surface area contributed by atoms with Crippen LogP contribution >= 0.6 is 23.2 Å². The molecule has 9 heteroatoms. The molecule has 0 fully saturated rings. The third-order valence-electron chi connectivity index (χ3n) is 2.89. The summed E-state index contributed by atoms with van der Waals surface area (Å²) in [7, 11) is -3.52. The van der Waals surface area contributed by atoms with Crippen molar-refractivity contribution < 1.29 is 22.3 Å². The molecule has 0 bridgehead atoms. The summed E-state index contributed by atoms with van der Waals surface area (Å²) in [6.07, 6.45) is 0.984. The molecular weight excluding hydrogens is 380 g/mol. The number of anilines is 1. The van der Waals surface area contributed by atoms with Gasteiger partial charge in [0.2, 0.25) is 0 Å². The average molecular weight is 392 g/mol. The third-order valence-corrected chi connectivity index (χ3v) is 4.53. The van der Waals surface area contributed by atoms with E-state index in [1.165, 1.54) is 18.2 Å². The van der Waals surface area contributed by atoms with E-state index in [-0.39, 0.29) is 21.4 Å². The summed E-state index contributed by atoms with van der Waals surface area (Å²) in [5.41, 5.74) is -0.256. The molecule has 0 saturated carbocycles. The fraction of sp³-hybridized carbons (Fsp3) is 0.133. The molecule has 2 aromatic carbocycles. The number of ether oxygens (including phenoxy) is 1. The summed E-state index contributed by atoms with van der Waals surface area (Å²) in [6.45, 7) is -0.441. The van der Waals surface area contributed by atoms with Crippen molar-refractivity contribution >= 4 is 44.6 Å². The van der Waals surface area contributed by atoms with Gasteiger partial charge in [-0.1, -0.05) is 23.2 Å². The highest BCUT2D eigenvalue weighted by Gasteiger charge is 2.14. The van der Waals surface area contributed by atoms with Crippen LogP contribution in [0.3, 0.4) is 0 Å². The number of hydrogen-bond donors (Lipinski definition) is 1. The molecule has 0 saturated heterocycles. The van der Waals surface area contributed by atoms with Crippen LogP contribution in [-0.4, -0.2) is 27.2 Å². The fourth-order valence-corrected chi connectivity index (χ4v) is 2.86. The molecule has 0 aliphatic carbocycles. The van der Waals surface area contributed by atoms with Gasteiger partial charge in [0, 0.05) is 11.3 Å². The van der Waals surface area contributed by atoms with Crippen molar-refractivity contribution in [2.45, 2.75) is 4.90 Å². The first kappa shape index (κ1) is 18.5. The fourth-order valence-electron chi connectivity index (χ4n) is 1.75. The first-order chi connectivity index (χ1) is 11.2. The summed E-state index contributed by atoms with van der Waals surface area (Å²) in [5, 5.41) is 2.89. The van der Waals surface area contributed by atoms with Crippen molar-refractivity contribution in [3.63, 3.8) is 0 Å². The summed E-state index contributed by atoms with van der Waals surface area (Å²) in [6, 6.07) is 7.59. The molecule has 5 nitrogen and oxygen atoms in total. The number of rotatable bonds is 5. The number of carbonyl (C=O) groups is 1. The Morgan fingerprint density at radius 3 is 2.54 bits per heavy atom. The number of carbonyl (C=O) groups excluding carboxylic acids is 1. The Morgan fingerprint density at radius 1 is 1.21 bits per heavy atom. The number of sulfone groups is 1. The Kier molecular flexibility index (Phi) is 5.69. The molecule has 128 valence electrons. The average Bonchev–Trinajstić information content (AvgIpc) is 2.47. The predicted molar refractivity (Wildman–Crippen MR) is 90.1 cm³/mol. The van der Waals surface area contributed by atoms with Crippen LogP contribution in [0.2, 0.25) is 10.0 Å². The highest BCUT2D eigenvalue weighted by Crippen LogP contribution is 2.27.